The van der Waals surface area contributed by atoms with Crippen molar-refractivity contribution in [2.45, 2.75) is 56.5 Å². The standard InChI is InChI=1S/C21H28N2O3/c22-15-8-13-2-1-3-14(9-15)20(13)23-21(24)17-11-16(17)12-4-5-18-19(10-12)26-7-6-25-18/h4-5,10,13-17,20H,1-3,6-9,11,22H2,(H,23,24). The summed E-state index contributed by atoms with van der Waals surface area (Å²) >= 11 is 0. The van der Waals surface area contributed by atoms with Crippen LogP contribution in [0, 0.1) is 17.8 Å². The first kappa shape index (κ1) is 16.4. The van der Waals surface area contributed by atoms with E-state index in [9.17, 15) is 4.79 Å². The summed E-state index contributed by atoms with van der Waals surface area (Å²) in [5.74, 6) is 3.44. The maximum absolute atomic E-state index is 12.9. The van der Waals surface area contributed by atoms with Gasteiger partial charge in [0.1, 0.15) is 13.2 Å². The molecule has 5 nitrogen and oxygen atoms in total. The van der Waals surface area contributed by atoms with Gasteiger partial charge >= 0.3 is 0 Å². The Balaban J connectivity index is 1.24. The minimum Gasteiger partial charge on any atom is -0.486 e. The van der Waals surface area contributed by atoms with Crippen molar-refractivity contribution in [3.05, 3.63) is 23.8 Å². The van der Waals surface area contributed by atoms with Crippen LogP contribution in [0.4, 0.5) is 0 Å². The zero-order valence-electron chi connectivity index (χ0n) is 15.2. The Hall–Kier alpha value is -1.75. The average molecular weight is 356 g/mol. The van der Waals surface area contributed by atoms with Crippen molar-refractivity contribution >= 4 is 5.91 Å². The molecule has 1 amide bonds. The molecule has 3 N–H and O–H groups in total. The van der Waals surface area contributed by atoms with Gasteiger partial charge in [-0.25, -0.2) is 0 Å². The average Bonchev–Trinajstić information content (AvgIpc) is 3.43. The fourth-order valence-electron chi connectivity index (χ4n) is 5.44. The summed E-state index contributed by atoms with van der Waals surface area (Å²) in [7, 11) is 0. The minimum atomic E-state index is 0.105. The van der Waals surface area contributed by atoms with E-state index in [2.05, 4.69) is 17.4 Å². The lowest BCUT2D eigenvalue weighted by atomic mass is 9.67. The van der Waals surface area contributed by atoms with E-state index in [1.807, 2.05) is 6.07 Å². The van der Waals surface area contributed by atoms with E-state index in [-0.39, 0.29) is 11.8 Å². The Morgan fingerprint density at radius 2 is 1.77 bits per heavy atom. The molecule has 2 bridgehead atoms. The fourth-order valence-corrected chi connectivity index (χ4v) is 5.44. The zero-order valence-corrected chi connectivity index (χ0v) is 15.2. The minimum absolute atomic E-state index is 0.105. The number of amides is 1. The maximum Gasteiger partial charge on any atom is 0.223 e. The number of carbonyl (C=O) groups is 1. The van der Waals surface area contributed by atoms with Crippen molar-refractivity contribution in [1.29, 1.82) is 0 Å². The van der Waals surface area contributed by atoms with Gasteiger partial charge < -0.3 is 20.5 Å². The number of hydrogen-bond acceptors (Lipinski definition) is 4. The number of nitrogens with one attached hydrogen (secondary N) is 1. The van der Waals surface area contributed by atoms with Gasteiger partial charge in [0.2, 0.25) is 5.91 Å². The van der Waals surface area contributed by atoms with Crippen LogP contribution in [0.1, 0.15) is 50.0 Å². The molecule has 26 heavy (non-hydrogen) atoms. The number of carbonyl (C=O) groups excluding carboxylic acids is 1. The third-order valence-corrected chi connectivity index (χ3v) is 6.81. The maximum atomic E-state index is 12.9. The van der Waals surface area contributed by atoms with Crippen molar-refractivity contribution in [2.24, 2.45) is 23.5 Å². The predicted octanol–water partition coefficient (Wildman–Crippen LogP) is 2.58. The fraction of sp³-hybridized carbons (Fsp3) is 0.667. The second kappa shape index (κ2) is 6.45. The highest BCUT2D eigenvalue weighted by Crippen LogP contribution is 2.50. The molecule has 5 rings (SSSR count). The van der Waals surface area contributed by atoms with Crippen molar-refractivity contribution < 1.29 is 14.3 Å². The first-order valence-corrected chi connectivity index (χ1v) is 10.1. The molecule has 5 heteroatoms. The van der Waals surface area contributed by atoms with E-state index in [4.69, 9.17) is 15.2 Å². The number of nitrogens with two attached hydrogens (primary N) is 1. The van der Waals surface area contributed by atoms with Gasteiger partial charge in [-0.3, -0.25) is 4.79 Å². The monoisotopic (exact) mass is 356 g/mol. The SMILES string of the molecule is NC1CC2CCCC(C1)C2NC(=O)C1CC1c1ccc2c(c1)OCCO2. The number of rotatable bonds is 3. The van der Waals surface area contributed by atoms with Gasteiger partial charge in [0, 0.05) is 18.0 Å². The van der Waals surface area contributed by atoms with Crippen molar-refractivity contribution in [3.8, 4) is 11.5 Å². The second-order valence-electron chi connectivity index (χ2n) is 8.57. The molecule has 3 fully saturated rings. The third-order valence-electron chi connectivity index (χ3n) is 6.81. The molecule has 1 aromatic rings. The molecule has 3 aliphatic carbocycles. The lowest BCUT2D eigenvalue weighted by Crippen LogP contribution is -2.54. The molecule has 1 heterocycles. The van der Waals surface area contributed by atoms with E-state index in [1.165, 1.54) is 24.8 Å². The van der Waals surface area contributed by atoms with Crippen LogP contribution in [0.25, 0.3) is 0 Å². The molecule has 4 unspecified atom stereocenters. The second-order valence-corrected chi connectivity index (χ2v) is 8.57. The first-order chi connectivity index (χ1) is 12.7. The summed E-state index contributed by atoms with van der Waals surface area (Å²) in [6.07, 6.45) is 6.79. The molecule has 0 radical (unpaired) electrons. The number of benzene rings is 1. The molecule has 0 saturated heterocycles. The van der Waals surface area contributed by atoms with Gasteiger partial charge in [0.15, 0.2) is 11.5 Å². The molecular weight excluding hydrogens is 328 g/mol. The van der Waals surface area contributed by atoms with Crippen molar-refractivity contribution in [1.82, 2.24) is 5.32 Å². The van der Waals surface area contributed by atoms with Gasteiger partial charge in [-0.2, -0.15) is 0 Å². The van der Waals surface area contributed by atoms with E-state index in [0.717, 1.165) is 30.8 Å². The van der Waals surface area contributed by atoms with E-state index >= 15 is 0 Å². The van der Waals surface area contributed by atoms with Crippen molar-refractivity contribution in [2.75, 3.05) is 13.2 Å². The highest BCUT2D eigenvalue weighted by atomic mass is 16.6. The molecule has 0 aromatic heterocycles. The molecule has 140 valence electrons. The summed E-state index contributed by atoms with van der Waals surface area (Å²) in [5, 5.41) is 3.42. The largest absolute Gasteiger partial charge is 0.486 e. The Kier molecular flexibility index (Phi) is 4.07. The molecule has 1 aromatic carbocycles. The van der Waals surface area contributed by atoms with Crippen LogP contribution in [0.2, 0.25) is 0 Å². The Morgan fingerprint density at radius 1 is 1.04 bits per heavy atom. The van der Waals surface area contributed by atoms with E-state index < -0.39 is 0 Å². The number of fused-ring (bicyclic) bond motifs is 3. The van der Waals surface area contributed by atoms with Crippen LogP contribution in [-0.4, -0.2) is 31.2 Å². The topological polar surface area (TPSA) is 73.6 Å². The predicted molar refractivity (Wildman–Crippen MR) is 98.3 cm³/mol. The van der Waals surface area contributed by atoms with Gasteiger partial charge in [0.25, 0.3) is 0 Å². The van der Waals surface area contributed by atoms with Crippen molar-refractivity contribution in [3.63, 3.8) is 0 Å². The van der Waals surface area contributed by atoms with Crippen LogP contribution >= 0.6 is 0 Å². The summed E-state index contributed by atoms with van der Waals surface area (Å²) in [4.78, 5) is 12.9. The quantitative estimate of drug-likeness (QED) is 0.873. The van der Waals surface area contributed by atoms with Crippen LogP contribution in [0.5, 0.6) is 11.5 Å². The number of hydrogen-bond donors (Lipinski definition) is 2. The summed E-state index contributed by atoms with van der Waals surface area (Å²) in [6.45, 7) is 1.20. The first-order valence-electron chi connectivity index (χ1n) is 10.1. The normalized spacial score (nSPS) is 37.7. The molecule has 3 saturated carbocycles. The van der Waals surface area contributed by atoms with Gasteiger partial charge in [-0.15, -0.1) is 0 Å². The van der Waals surface area contributed by atoms with Crippen LogP contribution in [0.3, 0.4) is 0 Å². The van der Waals surface area contributed by atoms with E-state index in [1.54, 1.807) is 0 Å². The van der Waals surface area contributed by atoms with E-state index in [0.29, 0.717) is 43.1 Å². The molecule has 4 atom stereocenters. The molecule has 0 spiro atoms. The van der Waals surface area contributed by atoms with Gasteiger partial charge in [0.05, 0.1) is 0 Å². The highest BCUT2D eigenvalue weighted by Gasteiger charge is 2.47. The molecule has 4 aliphatic rings. The van der Waals surface area contributed by atoms with Gasteiger partial charge in [-0.1, -0.05) is 12.5 Å². The summed E-state index contributed by atoms with van der Waals surface area (Å²) in [6, 6.07) is 6.78. The third kappa shape index (κ3) is 2.96. The highest BCUT2D eigenvalue weighted by molar-refractivity contribution is 5.83. The molecule has 1 aliphatic heterocycles. The summed E-state index contributed by atoms with van der Waals surface area (Å²) in [5.41, 5.74) is 7.40. The lowest BCUT2D eigenvalue weighted by Gasteiger charge is -2.45. The zero-order chi connectivity index (χ0) is 17.7. The Morgan fingerprint density at radius 3 is 2.54 bits per heavy atom. The molecular formula is C21H28N2O3. The number of ether oxygens (including phenoxy) is 2. The van der Waals surface area contributed by atoms with Gasteiger partial charge in [-0.05, 0) is 67.6 Å². The Bertz CT molecular complexity index is 692. The van der Waals surface area contributed by atoms with Crippen LogP contribution in [-0.2, 0) is 4.79 Å². The van der Waals surface area contributed by atoms with Crippen LogP contribution < -0.4 is 20.5 Å². The Labute approximate surface area is 154 Å². The smallest absolute Gasteiger partial charge is 0.223 e. The lowest BCUT2D eigenvalue weighted by molar-refractivity contribution is -0.124. The van der Waals surface area contributed by atoms with Crippen LogP contribution in [0.15, 0.2) is 18.2 Å². The summed E-state index contributed by atoms with van der Waals surface area (Å²) < 4.78 is 11.3.